The minimum atomic E-state index is -2.90. The van der Waals surface area contributed by atoms with Gasteiger partial charge in [-0.05, 0) is 43.9 Å². The van der Waals surface area contributed by atoms with Gasteiger partial charge in [0.2, 0.25) is 0 Å². The summed E-state index contributed by atoms with van der Waals surface area (Å²) in [6.45, 7) is 0.796. The third-order valence-electron chi connectivity index (χ3n) is 4.73. The lowest BCUT2D eigenvalue weighted by Gasteiger charge is -2.33. The third kappa shape index (κ3) is 5.37. The molecule has 2 heterocycles. The van der Waals surface area contributed by atoms with Crippen molar-refractivity contribution in [2.24, 2.45) is 0 Å². The molecule has 2 aliphatic heterocycles. The zero-order chi connectivity index (χ0) is 17.6. The van der Waals surface area contributed by atoms with E-state index in [4.69, 9.17) is 4.74 Å². The van der Waals surface area contributed by atoms with Crippen molar-refractivity contribution in [2.45, 2.75) is 44.4 Å². The summed E-state index contributed by atoms with van der Waals surface area (Å²) < 4.78 is 34.6. The van der Waals surface area contributed by atoms with E-state index < -0.39 is 6.61 Å². The van der Waals surface area contributed by atoms with E-state index in [9.17, 15) is 13.6 Å². The van der Waals surface area contributed by atoms with Crippen LogP contribution < -0.4 is 10.1 Å². The molecule has 2 saturated heterocycles. The zero-order valence-electron chi connectivity index (χ0n) is 14.1. The van der Waals surface area contributed by atoms with Crippen molar-refractivity contribution in [3.63, 3.8) is 0 Å². The molecule has 0 spiro atoms. The molecule has 1 unspecified atom stereocenters. The molecule has 7 heteroatoms. The number of nitrogens with zero attached hydrogens (tertiary/aromatic N) is 1. The highest BCUT2D eigenvalue weighted by Crippen LogP contribution is 2.19. The molecule has 0 saturated carbocycles. The topological polar surface area (TPSA) is 50.8 Å². The van der Waals surface area contributed by atoms with Crippen LogP contribution in [-0.4, -0.2) is 55.8 Å². The minimum Gasteiger partial charge on any atom is -0.435 e. The minimum absolute atomic E-state index is 0.00553. The third-order valence-corrected chi connectivity index (χ3v) is 4.73. The molecule has 2 fully saturated rings. The number of rotatable bonds is 6. The molecule has 25 heavy (non-hydrogen) atoms. The Morgan fingerprint density at radius 2 is 2.12 bits per heavy atom. The molecule has 1 N–H and O–H groups in total. The molecule has 0 aromatic heterocycles. The lowest BCUT2D eigenvalue weighted by Crippen LogP contribution is -2.46. The lowest BCUT2D eigenvalue weighted by molar-refractivity contribution is -0.0498. The molecule has 5 nitrogen and oxygen atoms in total. The molecule has 1 atom stereocenters. The van der Waals surface area contributed by atoms with E-state index in [1.165, 1.54) is 18.2 Å². The number of carbonyl (C=O) groups excluding carboxylic acids is 1. The van der Waals surface area contributed by atoms with Gasteiger partial charge in [0.25, 0.3) is 5.91 Å². The van der Waals surface area contributed by atoms with Gasteiger partial charge in [-0.2, -0.15) is 8.78 Å². The van der Waals surface area contributed by atoms with Crippen molar-refractivity contribution in [2.75, 3.05) is 26.2 Å². The number of ether oxygens (including phenoxy) is 2. The monoisotopic (exact) mass is 354 g/mol. The number of alkyl halides is 2. The summed E-state index contributed by atoms with van der Waals surface area (Å²) >= 11 is 0. The van der Waals surface area contributed by atoms with E-state index in [2.05, 4.69) is 15.0 Å². The second-order valence-electron chi connectivity index (χ2n) is 6.59. The van der Waals surface area contributed by atoms with Crippen molar-refractivity contribution in [1.82, 2.24) is 10.2 Å². The molecule has 0 radical (unpaired) electrons. The summed E-state index contributed by atoms with van der Waals surface area (Å²) in [6, 6.07) is 5.99. The molecule has 1 aromatic rings. The Kier molecular flexibility index (Phi) is 6.20. The molecule has 0 bridgehead atoms. The van der Waals surface area contributed by atoms with Gasteiger partial charge < -0.3 is 19.7 Å². The normalized spacial score (nSPS) is 22.3. The number of carbonyl (C=O) groups is 1. The number of nitrogens with one attached hydrogen (secondary N) is 1. The van der Waals surface area contributed by atoms with Gasteiger partial charge in [0.15, 0.2) is 0 Å². The Labute approximate surface area is 146 Å². The predicted octanol–water partition coefficient (Wildman–Crippen LogP) is 2.66. The van der Waals surface area contributed by atoms with Crippen LogP contribution in [0.25, 0.3) is 0 Å². The quantitative estimate of drug-likeness (QED) is 0.853. The van der Waals surface area contributed by atoms with Gasteiger partial charge in [-0.15, -0.1) is 0 Å². The highest BCUT2D eigenvalue weighted by molar-refractivity contribution is 5.94. The highest BCUT2D eigenvalue weighted by atomic mass is 19.3. The number of benzene rings is 1. The van der Waals surface area contributed by atoms with Crippen molar-refractivity contribution in [3.05, 3.63) is 29.8 Å². The average Bonchev–Trinajstić information content (AvgIpc) is 3.09. The molecule has 0 aliphatic carbocycles. The SMILES string of the molecule is O=C(NC1CCN(CC2CCCO2)CC1)c1cccc(OC(F)F)c1. The number of amides is 1. The van der Waals surface area contributed by atoms with Crippen LogP contribution in [-0.2, 0) is 4.74 Å². The summed E-state index contributed by atoms with van der Waals surface area (Å²) in [5.74, 6) is -0.258. The van der Waals surface area contributed by atoms with E-state index in [1.54, 1.807) is 6.07 Å². The van der Waals surface area contributed by atoms with Gasteiger partial charge >= 0.3 is 6.61 Å². The second-order valence-corrected chi connectivity index (χ2v) is 6.59. The fourth-order valence-corrected chi connectivity index (χ4v) is 3.42. The maximum atomic E-state index is 12.3. The molecule has 3 rings (SSSR count). The summed E-state index contributed by atoms with van der Waals surface area (Å²) in [5, 5.41) is 2.99. The first-order valence-electron chi connectivity index (χ1n) is 8.80. The fourth-order valence-electron chi connectivity index (χ4n) is 3.42. The van der Waals surface area contributed by atoms with Crippen LogP contribution in [0.4, 0.5) is 8.78 Å². The van der Waals surface area contributed by atoms with Gasteiger partial charge in [0, 0.05) is 37.8 Å². The van der Waals surface area contributed by atoms with E-state index in [-0.39, 0.29) is 17.7 Å². The first kappa shape index (κ1) is 18.1. The van der Waals surface area contributed by atoms with E-state index in [0.717, 1.165) is 51.9 Å². The first-order chi connectivity index (χ1) is 12.1. The molecular weight excluding hydrogens is 330 g/mol. The molecule has 138 valence electrons. The van der Waals surface area contributed by atoms with Crippen LogP contribution in [0.15, 0.2) is 24.3 Å². The van der Waals surface area contributed by atoms with Gasteiger partial charge in [-0.1, -0.05) is 6.07 Å². The molecule has 2 aliphatic rings. The van der Waals surface area contributed by atoms with Crippen molar-refractivity contribution in [3.8, 4) is 5.75 Å². The van der Waals surface area contributed by atoms with Crippen molar-refractivity contribution >= 4 is 5.91 Å². The summed E-state index contributed by atoms with van der Waals surface area (Å²) in [7, 11) is 0. The van der Waals surface area contributed by atoms with Crippen LogP contribution in [0.3, 0.4) is 0 Å². The summed E-state index contributed by atoms with van der Waals surface area (Å²) in [5.41, 5.74) is 0.333. The van der Waals surface area contributed by atoms with E-state index in [0.29, 0.717) is 11.7 Å². The molecule has 1 aromatic carbocycles. The lowest BCUT2D eigenvalue weighted by atomic mass is 10.0. The Balaban J connectivity index is 1.46. The first-order valence-corrected chi connectivity index (χ1v) is 8.80. The van der Waals surface area contributed by atoms with E-state index >= 15 is 0 Å². The van der Waals surface area contributed by atoms with Gasteiger partial charge in [0.05, 0.1) is 6.10 Å². The van der Waals surface area contributed by atoms with Crippen LogP contribution >= 0.6 is 0 Å². The van der Waals surface area contributed by atoms with Crippen molar-refractivity contribution in [1.29, 1.82) is 0 Å². The smallest absolute Gasteiger partial charge is 0.387 e. The number of piperidine rings is 1. The Morgan fingerprint density at radius 3 is 2.80 bits per heavy atom. The number of halogens is 2. The Hall–Kier alpha value is -1.73. The van der Waals surface area contributed by atoms with Crippen LogP contribution in [0.1, 0.15) is 36.0 Å². The van der Waals surface area contributed by atoms with Gasteiger partial charge in [0.1, 0.15) is 5.75 Å². The largest absolute Gasteiger partial charge is 0.435 e. The van der Waals surface area contributed by atoms with Crippen molar-refractivity contribution < 1.29 is 23.0 Å². The van der Waals surface area contributed by atoms with Gasteiger partial charge in [-0.3, -0.25) is 4.79 Å². The summed E-state index contributed by atoms with van der Waals surface area (Å²) in [6.07, 6.45) is 4.39. The maximum Gasteiger partial charge on any atom is 0.387 e. The van der Waals surface area contributed by atoms with Crippen LogP contribution in [0.5, 0.6) is 5.75 Å². The highest BCUT2D eigenvalue weighted by Gasteiger charge is 2.25. The number of likely N-dealkylation sites (tertiary alicyclic amines) is 1. The zero-order valence-corrected chi connectivity index (χ0v) is 14.1. The van der Waals surface area contributed by atoms with E-state index in [1.807, 2.05) is 0 Å². The Morgan fingerprint density at radius 1 is 1.32 bits per heavy atom. The second kappa shape index (κ2) is 8.58. The average molecular weight is 354 g/mol. The predicted molar refractivity (Wildman–Crippen MR) is 89.0 cm³/mol. The molecular formula is C18H24F2N2O3. The number of hydrogen-bond acceptors (Lipinski definition) is 4. The van der Waals surface area contributed by atoms with Crippen LogP contribution in [0.2, 0.25) is 0 Å². The molecule has 1 amide bonds. The summed E-state index contributed by atoms with van der Waals surface area (Å²) in [4.78, 5) is 14.7. The fraction of sp³-hybridized carbons (Fsp3) is 0.611. The number of hydrogen-bond donors (Lipinski definition) is 1. The van der Waals surface area contributed by atoms with Crippen LogP contribution in [0, 0.1) is 0 Å². The maximum absolute atomic E-state index is 12.3. The standard InChI is InChI=1S/C18H24F2N2O3/c19-18(20)25-15-4-1-3-13(11-15)17(23)21-14-6-8-22(9-7-14)12-16-5-2-10-24-16/h1,3-4,11,14,16,18H,2,5-10,12H2,(H,21,23). The Bertz CT molecular complexity index is 571. The van der Waals surface area contributed by atoms with Gasteiger partial charge in [-0.25, -0.2) is 0 Å².